The third kappa shape index (κ3) is 5.41. The van der Waals surface area contributed by atoms with Gasteiger partial charge in [-0.05, 0) is 59.9 Å². The molecule has 1 atom stereocenters. The molecule has 0 saturated carbocycles. The maximum Gasteiger partial charge on any atom is 0.416 e. The van der Waals surface area contributed by atoms with Crippen LogP contribution in [0.15, 0.2) is 59.6 Å². The Morgan fingerprint density at radius 3 is 2.50 bits per heavy atom. The molecule has 1 N–H and O–H groups in total. The number of carbonyl (C=O) groups excluding carboxylic acids is 1. The van der Waals surface area contributed by atoms with Crippen molar-refractivity contribution in [1.29, 1.82) is 0 Å². The molecule has 1 unspecified atom stereocenters. The van der Waals surface area contributed by atoms with Crippen LogP contribution in [0, 0.1) is 11.3 Å². The molecular weight excluding hydrogens is 457 g/mol. The van der Waals surface area contributed by atoms with Gasteiger partial charge in [-0.3, -0.25) is 4.79 Å². The van der Waals surface area contributed by atoms with Crippen LogP contribution in [-0.4, -0.2) is 12.1 Å². The van der Waals surface area contributed by atoms with Gasteiger partial charge in [-0.2, -0.15) is 13.2 Å². The van der Waals surface area contributed by atoms with Crippen molar-refractivity contribution in [2.45, 2.75) is 46.2 Å². The Labute approximate surface area is 201 Å². The quantitative estimate of drug-likeness (QED) is 0.376. The van der Waals surface area contributed by atoms with Gasteiger partial charge in [-0.15, -0.1) is 11.3 Å². The number of hydrogen-bond acceptors (Lipinski definition) is 3. The van der Waals surface area contributed by atoms with E-state index in [-0.39, 0.29) is 11.1 Å². The zero-order valence-corrected chi connectivity index (χ0v) is 20.2. The van der Waals surface area contributed by atoms with Gasteiger partial charge in [0.2, 0.25) is 0 Å². The van der Waals surface area contributed by atoms with Gasteiger partial charge >= 0.3 is 6.18 Å². The summed E-state index contributed by atoms with van der Waals surface area (Å²) in [4.78, 5) is 19.1. The van der Waals surface area contributed by atoms with Crippen LogP contribution >= 0.6 is 11.3 Å². The fourth-order valence-electron chi connectivity index (χ4n) is 4.27. The summed E-state index contributed by atoms with van der Waals surface area (Å²) in [6.07, 6.45) is -0.179. The largest absolute Gasteiger partial charge is 0.416 e. The zero-order chi connectivity index (χ0) is 24.5. The lowest BCUT2D eigenvalue weighted by molar-refractivity contribution is -0.137. The number of hydrogen-bond donors (Lipinski definition) is 1. The van der Waals surface area contributed by atoms with Crippen LogP contribution in [0.4, 0.5) is 23.9 Å². The van der Waals surface area contributed by atoms with Gasteiger partial charge in [-0.1, -0.05) is 57.2 Å². The van der Waals surface area contributed by atoms with E-state index in [4.69, 9.17) is 0 Å². The monoisotopic (exact) mass is 484 g/mol. The first-order valence-electron chi connectivity index (χ1n) is 11.2. The molecule has 0 fully saturated rings. The van der Waals surface area contributed by atoms with Crippen molar-refractivity contribution in [3.8, 4) is 0 Å². The number of alkyl halides is 3. The lowest BCUT2D eigenvalue weighted by atomic mass is 9.72. The topological polar surface area (TPSA) is 41.5 Å². The molecule has 3 aromatic rings. The molecule has 1 aromatic heterocycles. The molecule has 1 aliphatic carbocycles. The Morgan fingerprint density at radius 1 is 1.09 bits per heavy atom. The Balaban J connectivity index is 1.69. The molecule has 1 aliphatic rings. The van der Waals surface area contributed by atoms with Gasteiger partial charge < -0.3 is 5.32 Å². The Morgan fingerprint density at radius 2 is 1.82 bits per heavy atom. The van der Waals surface area contributed by atoms with Crippen molar-refractivity contribution >= 4 is 34.1 Å². The van der Waals surface area contributed by atoms with Crippen LogP contribution in [0.5, 0.6) is 0 Å². The Kier molecular flexibility index (Phi) is 6.67. The van der Waals surface area contributed by atoms with Gasteiger partial charge in [0.25, 0.3) is 5.91 Å². The molecule has 178 valence electrons. The summed E-state index contributed by atoms with van der Waals surface area (Å²) < 4.78 is 39.4. The third-order valence-corrected chi connectivity index (χ3v) is 7.44. The van der Waals surface area contributed by atoms with E-state index >= 15 is 0 Å². The number of nitrogens with one attached hydrogen (secondary N) is 1. The number of amides is 1. The number of thiophene rings is 1. The highest BCUT2D eigenvalue weighted by atomic mass is 32.1. The maximum absolute atomic E-state index is 13.4. The minimum Gasteiger partial charge on any atom is -0.322 e. The summed E-state index contributed by atoms with van der Waals surface area (Å²) in [5.41, 5.74) is 1.81. The van der Waals surface area contributed by atoms with E-state index in [0.29, 0.717) is 16.5 Å². The van der Waals surface area contributed by atoms with E-state index in [1.807, 2.05) is 30.3 Å². The number of rotatable bonds is 4. The van der Waals surface area contributed by atoms with Crippen molar-refractivity contribution in [1.82, 2.24) is 0 Å². The minimum atomic E-state index is -4.48. The summed E-state index contributed by atoms with van der Waals surface area (Å²) in [5, 5.41) is 3.27. The number of carbonyl (C=O) groups is 1. The SMILES string of the molecule is CC(C)(C)C1CCc2c(sc(N=Cc3ccccc3)c2C(=O)Nc2cccc(C(F)(F)F)c2)C1. The average Bonchev–Trinajstić information content (AvgIpc) is 3.15. The Hall–Kier alpha value is -2.93. The van der Waals surface area contributed by atoms with Crippen LogP contribution in [-0.2, 0) is 19.0 Å². The maximum atomic E-state index is 13.4. The molecule has 7 heteroatoms. The van der Waals surface area contributed by atoms with Crippen LogP contribution in [0.1, 0.15) is 59.1 Å². The van der Waals surface area contributed by atoms with E-state index < -0.39 is 17.6 Å². The molecule has 3 nitrogen and oxygen atoms in total. The second-order valence-corrected chi connectivity index (χ2v) is 10.8. The average molecular weight is 485 g/mol. The lowest BCUT2D eigenvalue weighted by Gasteiger charge is -2.33. The highest BCUT2D eigenvalue weighted by Gasteiger charge is 2.34. The van der Waals surface area contributed by atoms with Crippen LogP contribution in [0.25, 0.3) is 0 Å². The summed E-state index contributed by atoms with van der Waals surface area (Å²) >= 11 is 1.51. The summed E-state index contributed by atoms with van der Waals surface area (Å²) in [7, 11) is 0. The zero-order valence-electron chi connectivity index (χ0n) is 19.4. The van der Waals surface area contributed by atoms with Crippen LogP contribution < -0.4 is 5.32 Å². The molecule has 0 radical (unpaired) electrons. The van der Waals surface area contributed by atoms with Crippen molar-refractivity contribution in [2.24, 2.45) is 16.3 Å². The molecule has 4 rings (SSSR count). The number of aliphatic imine (C=N–C) groups is 1. The molecule has 0 aliphatic heterocycles. The molecule has 0 saturated heterocycles. The summed E-state index contributed by atoms with van der Waals surface area (Å²) in [6.45, 7) is 6.68. The van der Waals surface area contributed by atoms with E-state index in [0.717, 1.165) is 47.4 Å². The molecule has 0 bridgehead atoms. The first-order chi connectivity index (χ1) is 16.0. The highest BCUT2D eigenvalue weighted by molar-refractivity contribution is 7.16. The number of nitrogens with zero attached hydrogens (tertiary/aromatic N) is 1. The van der Waals surface area contributed by atoms with Crippen molar-refractivity contribution in [3.05, 3.63) is 81.7 Å². The number of halogens is 3. The van der Waals surface area contributed by atoms with Crippen molar-refractivity contribution < 1.29 is 18.0 Å². The molecule has 1 amide bonds. The molecule has 1 heterocycles. The number of fused-ring (bicyclic) bond motifs is 1. The minimum absolute atomic E-state index is 0.112. The molecular formula is C27H27F3N2OS. The second kappa shape index (κ2) is 9.37. The van der Waals surface area contributed by atoms with E-state index in [1.54, 1.807) is 6.21 Å². The van der Waals surface area contributed by atoms with Crippen LogP contribution in [0.2, 0.25) is 0 Å². The number of anilines is 1. The second-order valence-electron chi connectivity index (χ2n) is 9.69. The molecule has 0 spiro atoms. The smallest absolute Gasteiger partial charge is 0.322 e. The van der Waals surface area contributed by atoms with Gasteiger partial charge in [0, 0.05) is 16.8 Å². The van der Waals surface area contributed by atoms with Gasteiger partial charge in [0.1, 0.15) is 5.00 Å². The van der Waals surface area contributed by atoms with Gasteiger partial charge in [-0.25, -0.2) is 4.99 Å². The summed E-state index contributed by atoms with van der Waals surface area (Å²) in [5.74, 6) is 0.0650. The number of benzene rings is 2. The van der Waals surface area contributed by atoms with E-state index in [9.17, 15) is 18.0 Å². The van der Waals surface area contributed by atoms with Gasteiger partial charge in [0.05, 0.1) is 11.1 Å². The first kappa shape index (κ1) is 24.2. The molecule has 2 aromatic carbocycles. The van der Waals surface area contributed by atoms with Gasteiger partial charge in [0.15, 0.2) is 0 Å². The van der Waals surface area contributed by atoms with Crippen molar-refractivity contribution in [3.63, 3.8) is 0 Å². The van der Waals surface area contributed by atoms with E-state index in [1.165, 1.54) is 23.5 Å². The first-order valence-corrected chi connectivity index (χ1v) is 12.1. The lowest BCUT2D eigenvalue weighted by Crippen LogP contribution is -2.27. The molecule has 34 heavy (non-hydrogen) atoms. The fourth-order valence-corrected chi connectivity index (χ4v) is 5.54. The standard InChI is InChI=1S/C27H27F3N2OS/c1-26(2,3)18-12-13-21-22(15-18)34-25(31-16-17-8-5-4-6-9-17)23(21)24(33)32-20-11-7-10-19(14-20)27(28,29)30/h4-11,14,16,18H,12-13,15H2,1-3H3,(H,32,33). The fraction of sp³-hybridized carbons (Fsp3) is 0.333. The predicted molar refractivity (Wildman–Crippen MR) is 132 cm³/mol. The normalized spacial score (nSPS) is 16.5. The van der Waals surface area contributed by atoms with E-state index in [2.05, 4.69) is 31.1 Å². The summed E-state index contributed by atoms with van der Waals surface area (Å²) in [6, 6.07) is 14.3. The van der Waals surface area contributed by atoms with Crippen molar-refractivity contribution in [2.75, 3.05) is 5.32 Å². The third-order valence-electron chi connectivity index (χ3n) is 6.28. The Bertz CT molecular complexity index is 1210. The highest BCUT2D eigenvalue weighted by Crippen LogP contribution is 2.45. The predicted octanol–water partition coefficient (Wildman–Crippen LogP) is 7.92. The van der Waals surface area contributed by atoms with Crippen LogP contribution in [0.3, 0.4) is 0 Å².